The second-order valence-electron chi connectivity index (χ2n) is 4.26. The number of aliphatic carboxylic acids is 1. The standard InChI is InChI=1S/C15H12Cl2O2/c16-12-6-11(7-13(17)8-12)14(9-15(18)19)10-4-2-1-3-5-10/h1-8,14H,9H2,(H,18,19). The summed E-state index contributed by atoms with van der Waals surface area (Å²) in [7, 11) is 0. The molecule has 0 aliphatic rings. The summed E-state index contributed by atoms with van der Waals surface area (Å²) in [6.07, 6.45) is 0.000679. The van der Waals surface area contributed by atoms with Gasteiger partial charge in [0, 0.05) is 16.0 Å². The molecule has 1 atom stereocenters. The normalized spacial score (nSPS) is 12.1. The van der Waals surface area contributed by atoms with Gasteiger partial charge in [-0.3, -0.25) is 4.79 Å². The highest BCUT2D eigenvalue weighted by molar-refractivity contribution is 6.34. The third-order valence-electron chi connectivity index (χ3n) is 2.87. The second-order valence-corrected chi connectivity index (χ2v) is 5.14. The maximum Gasteiger partial charge on any atom is 0.304 e. The molecule has 4 heteroatoms. The Morgan fingerprint density at radius 3 is 2.11 bits per heavy atom. The monoisotopic (exact) mass is 294 g/mol. The number of halogens is 2. The summed E-state index contributed by atoms with van der Waals surface area (Å²) in [5.74, 6) is -1.11. The molecular weight excluding hydrogens is 283 g/mol. The SMILES string of the molecule is O=C(O)CC(c1ccccc1)c1cc(Cl)cc(Cl)c1. The second kappa shape index (κ2) is 6.09. The van der Waals surface area contributed by atoms with Crippen molar-refractivity contribution in [2.24, 2.45) is 0 Å². The van der Waals surface area contributed by atoms with Crippen molar-refractivity contribution < 1.29 is 9.90 Å². The molecule has 2 rings (SSSR count). The van der Waals surface area contributed by atoms with E-state index >= 15 is 0 Å². The minimum absolute atomic E-state index is 0.000679. The molecule has 98 valence electrons. The Morgan fingerprint density at radius 2 is 1.58 bits per heavy atom. The molecule has 0 radical (unpaired) electrons. The minimum atomic E-state index is -0.857. The van der Waals surface area contributed by atoms with Gasteiger partial charge in [0.1, 0.15) is 0 Å². The Balaban J connectivity index is 2.45. The molecule has 0 saturated heterocycles. The van der Waals surface area contributed by atoms with E-state index in [4.69, 9.17) is 28.3 Å². The maximum absolute atomic E-state index is 11.1. The zero-order valence-electron chi connectivity index (χ0n) is 10.0. The van der Waals surface area contributed by atoms with Crippen LogP contribution in [0.15, 0.2) is 48.5 Å². The number of benzene rings is 2. The Bertz CT molecular complexity index is 562. The van der Waals surface area contributed by atoms with Crippen LogP contribution in [0.1, 0.15) is 23.5 Å². The quantitative estimate of drug-likeness (QED) is 0.895. The number of rotatable bonds is 4. The van der Waals surface area contributed by atoms with Crippen molar-refractivity contribution in [2.75, 3.05) is 0 Å². The molecule has 0 aliphatic heterocycles. The molecule has 1 unspecified atom stereocenters. The molecule has 0 bridgehead atoms. The van der Waals surface area contributed by atoms with Crippen molar-refractivity contribution in [3.05, 3.63) is 69.7 Å². The van der Waals surface area contributed by atoms with Crippen LogP contribution >= 0.6 is 23.2 Å². The first-order chi connectivity index (χ1) is 9.06. The third kappa shape index (κ3) is 3.72. The molecule has 0 saturated carbocycles. The van der Waals surface area contributed by atoms with Gasteiger partial charge >= 0.3 is 5.97 Å². The molecule has 0 heterocycles. The molecule has 0 aromatic heterocycles. The van der Waals surface area contributed by atoms with Gasteiger partial charge in [0.2, 0.25) is 0 Å². The van der Waals surface area contributed by atoms with Crippen LogP contribution in [-0.2, 0) is 4.79 Å². The van der Waals surface area contributed by atoms with Gasteiger partial charge in [-0.05, 0) is 29.3 Å². The Morgan fingerprint density at radius 1 is 1.00 bits per heavy atom. The lowest BCUT2D eigenvalue weighted by Gasteiger charge is -2.16. The van der Waals surface area contributed by atoms with E-state index < -0.39 is 5.97 Å². The average molecular weight is 295 g/mol. The van der Waals surface area contributed by atoms with E-state index in [1.807, 2.05) is 30.3 Å². The number of carboxylic acids is 1. The van der Waals surface area contributed by atoms with Crippen LogP contribution < -0.4 is 0 Å². The van der Waals surface area contributed by atoms with Crippen molar-refractivity contribution in [1.82, 2.24) is 0 Å². The first-order valence-corrected chi connectivity index (χ1v) is 6.54. The lowest BCUT2D eigenvalue weighted by molar-refractivity contribution is -0.137. The van der Waals surface area contributed by atoms with Gasteiger partial charge in [-0.25, -0.2) is 0 Å². The van der Waals surface area contributed by atoms with E-state index in [9.17, 15) is 4.79 Å². The van der Waals surface area contributed by atoms with E-state index in [0.29, 0.717) is 10.0 Å². The van der Waals surface area contributed by atoms with E-state index in [1.54, 1.807) is 18.2 Å². The molecule has 0 amide bonds. The van der Waals surface area contributed by atoms with Crippen molar-refractivity contribution >= 4 is 29.2 Å². The fraction of sp³-hybridized carbons (Fsp3) is 0.133. The van der Waals surface area contributed by atoms with Crippen molar-refractivity contribution in [3.63, 3.8) is 0 Å². The van der Waals surface area contributed by atoms with Crippen LogP contribution in [0.3, 0.4) is 0 Å². The molecule has 2 aromatic carbocycles. The molecule has 0 spiro atoms. The van der Waals surface area contributed by atoms with Gasteiger partial charge in [0.25, 0.3) is 0 Å². The zero-order valence-corrected chi connectivity index (χ0v) is 11.5. The van der Waals surface area contributed by atoms with E-state index in [-0.39, 0.29) is 12.3 Å². The van der Waals surface area contributed by atoms with Gasteiger partial charge < -0.3 is 5.11 Å². The lowest BCUT2D eigenvalue weighted by Crippen LogP contribution is -2.08. The van der Waals surface area contributed by atoms with E-state index in [1.165, 1.54) is 0 Å². The van der Waals surface area contributed by atoms with Gasteiger partial charge in [0.15, 0.2) is 0 Å². The van der Waals surface area contributed by atoms with Gasteiger partial charge in [0.05, 0.1) is 6.42 Å². The molecule has 1 N–H and O–H groups in total. The molecule has 0 aliphatic carbocycles. The number of hydrogen-bond donors (Lipinski definition) is 1. The van der Waals surface area contributed by atoms with Gasteiger partial charge in [-0.15, -0.1) is 0 Å². The van der Waals surface area contributed by atoms with Crippen molar-refractivity contribution in [2.45, 2.75) is 12.3 Å². The zero-order chi connectivity index (χ0) is 13.8. The largest absolute Gasteiger partial charge is 0.481 e. The summed E-state index contributed by atoms with van der Waals surface area (Å²) in [6.45, 7) is 0. The highest BCUT2D eigenvalue weighted by atomic mass is 35.5. The maximum atomic E-state index is 11.1. The molecule has 2 nitrogen and oxygen atoms in total. The Labute approximate surface area is 121 Å². The highest BCUT2D eigenvalue weighted by Gasteiger charge is 2.18. The summed E-state index contributed by atoms with van der Waals surface area (Å²) in [5.41, 5.74) is 1.74. The van der Waals surface area contributed by atoms with Crippen LogP contribution in [0.5, 0.6) is 0 Å². The van der Waals surface area contributed by atoms with Gasteiger partial charge in [-0.2, -0.15) is 0 Å². The summed E-state index contributed by atoms with van der Waals surface area (Å²) in [5, 5.41) is 10.1. The van der Waals surface area contributed by atoms with E-state index in [0.717, 1.165) is 11.1 Å². The average Bonchev–Trinajstić information content (AvgIpc) is 2.35. The smallest absolute Gasteiger partial charge is 0.304 e. The predicted octanol–water partition coefficient (Wildman–Crippen LogP) is 4.60. The summed E-state index contributed by atoms with van der Waals surface area (Å²) in [4.78, 5) is 11.1. The fourth-order valence-electron chi connectivity index (χ4n) is 2.06. The predicted molar refractivity (Wildman–Crippen MR) is 77.0 cm³/mol. The fourth-order valence-corrected chi connectivity index (χ4v) is 2.61. The van der Waals surface area contributed by atoms with Crippen molar-refractivity contribution in [1.29, 1.82) is 0 Å². The highest BCUT2D eigenvalue weighted by Crippen LogP contribution is 2.31. The number of hydrogen-bond acceptors (Lipinski definition) is 1. The topological polar surface area (TPSA) is 37.3 Å². The molecule has 19 heavy (non-hydrogen) atoms. The molecule has 2 aromatic rings. The van der Waals surface area contributed by atoms with Crippen LogP contribution in [0.2, 0.25) is 10.0 Å². The lowest BCUT2D eigenvalue weighted by atomic mass is 9.88. The Hall–Kier alpha value is -1.51. The number of carbonyl (C=O) groups is 1. The molecule has 0 fully saturated rings. The van der Waals surface area contributed by atoms with Crippen molar-refractivity contribution in [3.8, 4) is 0 Å². The van der Waals surface area contributed by atoms with E-state index in [2.05, 4.69) is 0 Å². The third-order valence-corrected chi connectivity index (χ3v) is 3.30. The van der Waals surface area contributed by atoms with Crippen LogP contribution in [0, 0.1) is 0 Å². The van der Waals surface area contributed by atoms with Crippen LogP contribution in [0.4, 0.5) is 0 Å². The molecular formula is C15H12Cl2O2. The first-order valence-electron chi connectivity index (χ1n) is 5.79. The van der Waals surface area contributed by atoms with Crippen LogP contribution in [0.25, 0.3) is 0 Å². The minimum Gasteiger partial charge on any atom is -0.481 e. The summed E-state index contributed by atoms with van der Waals surface area (Å²) in [6, 6.07) is 14.6. The summed E-state index contributed by atoms with van der Waals surface area (Å²) < 4.78 is 0. The Kier molecular flexibility index (Phi) is 4.46. The van der Waals surface area contributed by atoms with Crippen LogP contribution in [-0.4, -0.2) is 11.1 Å². The number of carboxylic acid groups (broad SMARTS) is 1. The first kappa shape index (κ1) is 13.9. The van der Waals surface area contributed by atoms with Gasteiger partial charge in [-0.1, -0.05) is 53.5 Å². The summed E-state index contributed by atoms with van der Waals surface area (Å²) >= 11 is 12.0.